The molecule has 226 valence electrons. The molecular formula is C31H37N7O4S. The summed E-state index contributed by atoms with van der Waals surface area (Å²) in [5, 5.41) is 22.5. The lowest BCUT2D eigenvalue weighted by Crippen LogP contribution is -2.49. The zero-order valence-electron chi connectivity index (χ0n) is 24.9. The Balaban J connectivity index is 1.53. The van der Waals surface area contributed by atoms with Crippen LogP contribution in [0.25, 0.3) is 0 Å². The number of primary amides is 1. The van der Waals surface area contributed by atoms with E-state index < -0.39 is 28.9 Å². The summed E-state index contributed by atoms with van der Waals surface area (Å²) < 4.78 is 5.31. The fraction of sp³-hybridized carbons (Fsp3) is 0.484. The number of ether oxygens (including phenoxy) is 1. The van der Waals surface area contributed by atoms with Gasteiger partial charge in [0, 0.05) is 25.7 Å². The third-order valence-electron chi connectivity index (χ3n) is 7.55. The molecule has 11 nitrogen and oxygen atoms in total. The second-order valence-corrected chi connectivity index (χ2v) is 12.7. The monoisotopic (exact) mass is 603 g/mol. The SMILES string of the molecule is CCc1c(C#N)c(SC(C(N)=O)c2ccccc2)nc(N2CCC(N3CCC(NC(=O)OC(C)(C)C)C3=O)CC2)c1C#N. The van der Waals surface area contributed by atoms with E-state index in [4.69, 9.17) is 15.5 Å². The third kappa shape index (κ3) is 7.20. The van der Waals surface area contributed by atoms with E-state index >= 15 is 0 Å². The number of hydrogen-bond donors (Lipinski definition) is 2. The number of carbonyl (C=O) groups excluding carboxylic acids is 3. The Labute approximate surface area is 256 Å². The first-order chi connectivity index (χ1) is 20.5. The van der Waals surface area contributed by atoms with E-state index in [0.29, 0.717) is 72.9 Å². The van der Waals surface area contributed by atoms with Gasteiger partial charge in [-0.15, -0.1) is 0 Å². The molecule has 1 aromatic carbocycles. The van der Waals surface area contributed by atoms with Crippen LogP contribution < -0.4 is 16.0 Å². The summed E-state index contributed by atoms with van der Waals surface area (Å²) in [6, 6.07) is 12.9. The number of aromatic nitrogens is 1. The van der Waals surface area contributed by atoms with Gasteiger partial charge in [0.2, 0.25) is 11.8 Å². The number of nitrogens with two attached hydrogens (primary N) is 1. The molecule has 0 radical (unpaired) electrons. The predicted octanol–water partition coefficient (Wildman–Crippen LogP) is 3.80. The number of alkyl carbamates (subject to hydrolysis) is 1. The van der Waals surface area contributed by atoms with E-state index in [9.17, 15) is 24.9 Å². The quantitative estimate of drug-likeness (QED) is 0.427. The molecule has 1 aromatic heterocycles. The van der Waals surface area contributed by atoms with Gasteiger partial charge in [-0.2, -0.15) is 10.5 Å². The number of amides is 3. The number of likely N-dealkylation sites (tertiary alicyclic amines) is 1. The van der Waals surface area contributed by atoms with E-state index in [1.807, 2.05) is 34.9 Å². The molecule has 2 aliphatic rings. The summed E-state index contributed by atoms with van der Waals surface area (Å²) in [5.41, 5.74) is 7.02. The molecule has 3 heterocycles. The first kappa shape index (κ1) is 31.6. The second kappa shape index (κ2) is 13.3. The van der Waals surface area contributed by atoms with Crippen LogP contribution in [0.1, 0.15) is 74.5 Å². The van der Waals surface area contributed by atoms with E-state index in [1.165, 1.54) is 0 Å². The maximum atomic E-state index is 13.1. The van der Waals surface area contributed by atoms with Crippen LogP contribution in [0, 0.1) is 22.7 Å². The average molecular weight is 604 g/mol. The van der Waals surface area contributed by atoms with Gasteiger partial charge in [-0.1, -0.05) is 49.0 Å². The number of piperidine rings is 1. The van der Waals surface area contributed by atoms with E-state index in [2.05, 4.69) is 17.5 Å². The van der Waals surface area contributed by atoms with Crippen LogP contribution in [0.4, 0.5) is 10.6 Å². The van der Waals surface area contributed by atoms with Crippen molar-refractivity contribution in [3.63, 3.8) is 0 Å². The van der Waals surface area contributed by atoms with E-state index in [0.717, 1.165) is 11.8 Å². The highest BCUT2D eigenvalue weighted by molar-refractivity contribution is 8.00. The number of nitriles is 2. The van der Waals surface area contributed by atoms with Crippen molar-refractivity contribution in [2.24, 2.45) is 5.73 Å². The molecule has 0 spiro atoms. The number of pyridine rings is 1. The number of nitrogens with one attached hydrogen (secondary N) is 1. The molecule has 3 amide bonds. The smallest absolute Gasteiger partial charge is 0.408 e. The summed E-state index contributed by atoms with van der Waals surface area (Å²) in [7, 11) is 0. The van der Waals surface area contributed by atoms with Gasteiger partial charge in [0.05, 0.1) is 11.1 Å². The lowest BCUT2D eigenvalue weighted by molar-refractivity contribution is -0.131. The van der Waals surface area contributed by atoms with Crippen LogP contribution in [0.2, 0.25) is 0 Å². The molecule has 3 N–H and O–H groups in total. The van der Waals surface area contributed by atoms with Crippen molar-refractivity contribution in [2.45, 2.75) is 81.3 Å². The Morgan fingerprint density at radius 3 is 2.33 bits per heavy atom. The standard InChI is InChI=1S/C31H37N7O4S/c1-5-21-22(17-32)27(36-28(23(21)18-33)43-25(26(34)39)19-9-7-6-8-10-19)37-14-11-20(12-15-37)38-16-13-24(29(38)40)35-30(41)42-31(2,3)4/h6-10,20,24-25H,5,11-16H2,1-4H3,(H2,34,39)(H,35,41). The van der Waals surface area contributed by atoms with Crippen LogP contribution in [0.3, 0.4) is 0 Å². The summed E-state index contributed by atoms with van der Waals surface area (Å²) in [5.74, 6) is -0.210. The zero-order valence-corrected chi connectivity index (χ0v) is 25.7. The number of rotatable bonds is 8. The van der Waals surface area contributed by atoms with Crippen molar-refractivity contribution in [2.75, 3.05) is 24.5 Å². The fourth-order valence-electron chi connectivity index (χ4n) is 5.56. The maximum absolute atomic E-state index is 13.1. The minimum absolute atomic E-state index is 0.0186. The summed E-state index contributed by atoms with van der Waals surface area (Å²) in [6.45, 7) is 8.81. The van der Waals surface area contributed by atoms with Crippen molar-refractivity contribution < 1.29 is 19.1 Å². The highest BCUT2D eigenvalue weighted by Crippen LogP contribution is 2.40. The fourth-order valence-corrected chi connectivity index (χ4v) is 6.62. The van der Waals surface area contributed by atoms with Crippen LogP contribution in [-0.4, -0.2) is 65.1 Å². The van der Waals surface area contributed by atoms with Crippen molar-refractivity contribution in [3.05, 3.63) is 52.6 Å². The van der Waals surface area contributed by atoms with Crippen molar-refractivity contribution in [1.82, 2.24) is 15.2 Å². The number of anilines is 1. The first-order valence-electron chi connectivity index (χ1n) is 14.4. The van der Waals surface area contributed by atoms with Crippen LogP contribution in [0.15, 0.2) is 35.4 Å². The van der Waals surface area contributed by atoms with Gasteiger partial charge in [0.25, 0.3) is 0 Å². The van der Waals surface area contributed by atoms with Gasteiger partial charge in [0.15, 0.2) is 0 Å². The maximum Gasteiger partial charge on any atom is 0.408 e. The number of nitrogens with zero attached hydrogens (tertiary/aromatic N) is 5. The van der Waals surface area contributed by atoms with Crippen LogP contribution in [-0.2, 0) is 20.7 Å². The minimum Gasteiger partial charge on any atom is -0.444 e. The topological polar surface area (TPSA) is 165 Å². The van der Waals surface area contributed by atoms with E-state index in [1.54, 1.807) is 32.9 Å². The molecule has 2 atom stereocenters. The zero-order chi connectivity index (χ0) is 31.3. The molecule has 0 saturated carbocycles. The van der Waals surface area contributed by atoms with E-state index in [-0.39, 0.29) is 17.5 Å². The van der Waals surface area contributed by atoms with Gasteiger partial charge in [-0.25, -0.2) is 9.78 Å². The third-order valence-corrected chi connectivity index (χ3v) is 8.81. The van der Waals surface area contributed by atoms with Crippen molar-refractivity contribution in [3.8, 4) is 12.1 Å². The molecule has 0 aliphatic carbocycles. The highest BCUT2D eigenvalue weighted by Gasteiger charge is 2.39. The molecule has 2 aromatic rings. The van der Waals surface area contributed by atoms with Gasteiger partial charge in [0.1, 0.15) is 39.9 Å². The van der Waals surface area contributed by atoms with Crippen molar-refractivity contribution in [1.29, 1.82) is 10.5 Å². The Kier molecular flexibility index (Phi) is 9.82. The Morgan fingerprint density at radius 2 is 1.77 bits per heavy atom. The summed E-state index contributed by atoms with van der Waals surface area (Å²) in [4.78, 5) is 46.5. The van der Waals surface area contributed by atoms with Gasteiger partial charge < -0.3 is 25.6 Å². The molecule has 2 fully saturated rings. The predicted molar refractivity (Wildman–Crippen MR) is 162 cm³/mol. The van der Waals surface area contributed by atoms with Gasteiger partial charge in [-0.05, 0) is 57.6 Å². The minimum atomic E-state index is -0.763. The summed E-state index contributed by atoms with van der Waals surface area (Å²) in [6.07, 6.45) is 1.64. The average Bonchev–Trinajstić information content (AvgIpc) is 3.33. The Hall–Kier alpha value is -4.29. The molecule has 2 unspecified atom stereocenters. The Bertz CT molecular complexity index is 1450. The normalized spacial score (nSPS) is 18.1. The number of carbonyl (C=O) groups is 3. The molecule has 2 saturated heterocycles. The summed E-state index contributed by atoms with van der Waals surface area (Å²) >= 11 is 1.12. The van der Waals surface area contributed by atoms with Crippen LogP contribution in [0.5, 0.6) is 0 Å². The molecule has 43 heavy (non-hydrogen) atoms. The number of hydrogen-bond acceptors (Lipinski definition) is 9. The van der Waals surface area contributed by atoms with Crippen LogP contribution >= 0.6 is 11.8 Å². The second-order valence-electron chi connectivity index (χ2n) is 11.6. The lowest BCUT2D eigenvalue weighted by atomic mass is 9.99. The molecule has 12 heteroatoms. The highest BCUT2D eigenvalue weighted by atomic mass is 32.2. The van der Waals surface area contributed by atoms with Crippen molar-refractivity contribution >= 4 is 35.5 Å². The molecule has 0 bridgehead atoms. The molecule has 2 aliphatic heterocycles. The number of thioether (sulfide) groups is 1. The molecule has 4 rings (SSSR count). The van der Waals surface area contributed by atoms with Gasteiger partial charge >= 0.3 is 6.09 Å². The Morgan fingerprint density at radius 1 is 1.12 bits per heavy atom. The first-order valence-corrected chi connectivity index (χ1v) is 15.3. The largest absolute Gasteiger partial charge is 0.444 e. The number of benzene rings is 1. The lowest BCUT2D eigenvalue weighted by Gasteiger charge is -2.38. The molecular weight excluding hydrogens is 566 g/mol. The van der Waals surface area contributed by atoms with Gasteiger partial charge in [-0.3, -0.25) is 9.59 Å².